The molecule has 43 heavy (non-hydrogen) atoms. The van der Waals surface area contributed by atoms with Crippen molar-refractivity contribution >= 4 is 17.7 Å². The number of halogens is 1. The molecule has 0 saturated carbocycles. The molecule has 1 aliphatic heterocycles. The van der Waals surface area contributed by atoms with E-state index in [2.05, 4.69) is 22.1 Å². The number of carbonyl (C=O) groups is 3. The summed E-state index contributed by atoms with van der Waals surface area (Å²) >= 11 is 0. The van der Waals surface area contributed by atoms with Gasteiger partial charge in [0.05, 0.1) is 6.04 Å². The number of hydrogen-bond acceptors (Lipinski definition) is 5. The van der Waals surface area contributed by atoms with Crippen molar-refractivity contribution in [2.75, 3.05) is 32.7 Å². The summed E-state index contributed by atoms with van der Waals surface area (Å²) < 4.78 is 21.0. The summed E-state index contributed by atoms with van der Waals surface area (Å²) in [5.41, 5.74) is 2.56. The van der Waals surface area contributed by atoms with E-state index in [9.17, 15) is 18.8 Å². The summed E-state index contributed by atoms with van der Waals surface area (Å²) in [7, 11) is 0. The van der Waals surface area contributed by atoms with E-state index in [1.54, 1.807) is 42.2 Å². The van der Waals surface area contributed by atoms with E-state index in [1.165, 1.54) is 19.1 Å². The molecule has 1 heterocycles. The molecule has 0 bridgehead atoms. The van der Waals surface area contributed by atoms with E-state index < -0.39 is 12.1 Å². The first kappa shape index (κ1) is 31.4. The maximum atomic E-state index is 14.6. The minimum Gasteiger partial charge on any atom is -0.484 e. The Kier molecular flexibility index (Phi) is 10.7. The monoisotopic (exact) mass is 586 g/mol. The van der Waals surface area contributed by atoms with Crippen molar-refractivity contribution in [2.45, 2.75) is 39.0 Å². The summed E-state index contributed by atoms with van der Waals surface area (Å²) in [5, 5.41) is 5.77. The normalized spacial score (nSPS) is 16.6. The van der Waals surface area contributed by atoms with Crippen molar-refractivity contribution in [2.24, 2.45) is 0 Å². The number of hydrogen-bond donors (Lipinski definition) is 2. The van der Waals surface area contributed by atoms with Crippen LogP contribution in [0.3, 0.4) is 0 Å². The Balaban J connectivity index is 1.47. The molecule has 0 aromatic heterocycles. The molecule has 2 N–H and O–H groups in total. The lowest BCUT2D eigenvalue weighted by atomic mass is 10.0. The predicted octanol–water partition coefficient (Wildman–Crippen LogP) is 4.58. The van der Waals surface area contributed by atoms with Gasteiger partial charge in [-0.2, -0.15) is 0 Å². The highest BCUT2D eigenvalue weighted by molar-refractivity contribution is 5.94. The largest absolute Gasteiger partial charge is 0.484 e. The lowest BCUT2D eigenvalue weighted by Crippen LogP contribution is -2.54. The van der Waals surface area contributed by atoms with Gasteiger partial charge in [-0.15, -0.1) is 0 Å². The molecule has 3 aromatic rings. The average Bonchev–Trinajstić information content (AvgIpc) is 3.00. The van der Waals surface area contributed by atoms with Gasteiger partial charge in [-0.1, -0.05) is 49.0 Å². The first-order chi connectivity index (χ1) is 20.6. The van der Waals surface area contributed by atoms with Crippen LogP contribution < -0.4 is 15.4 Å². The molecule has 1 aliphatic rings. The van der Waals surface area contributed by atoms with Gasteiger partial charge in [0, 0.05) is 51.3 Å². The van der Waals surface area contributed by atoms with Crippen LogP contribution in [0.4, 0.5) is 4.39 Å². The van der Waals surface area contributed by atoms with Crippen molar-refractivity contribution in [3.8, 4) is 5.75 Å². The zero-order chi connectivity index (χ0) is 30.9. The number of aryl methyl sites for hydroxylation is 1. The highest BCUT2D eigenvalue weighted by Crippen LogP contribution is 2.26. The zero-order valence-corrected chi connectivity index (χ0v) is 24.9. The van der Waals surface area contributed by atoms with Crippen LogP contribution >= 0.6 is 0 Å². The molecule has 3 amide bonds. The molecular formula is C34H39FN4O4. The summed E-state index contributed by atoms with van der Waals surface area (Å²) in [6.07, 6.45) is 0.853. The Bertz CT molecular complexity index is 1430. The third-order valence-electron chi connectivity index (χ3n) is 7.62. The number of benzene rings is 3. The Labute approximate surface area is 252 Å². The third kappa shape index (κ3) is 8.51. The van der Waals surface area contributed by atoms with Crippen LogP contribution in [0.15, 0.2) is 85.5 Å². The van der Waals surface area contributed by atoms with Crippen molar-refractivity contribution < 1.29 is 23.5 Å². The van der Waals surface area contributed by atoms with Gasteiger partial charge in [-0.05, 0) is 66.9 Å². The number of amides is 3. The van der Waals surface area contributed by atoms with E-state index >= 15 is 0 Å². The fraction of sp³-hybridized carbons (Fsp3) is 0.324. The number of ether oxygens (including phenoxy) is 1. The van der Waals surface area contributed by atoms with E-state index in [-0.39, 0.29) is 36.1 Å². The molecule has 3 aromatic carbocycles. The Hall–Kier alpha value is -4.50. The topological polar surface area (TPSA) is 91.0 Å². The van der Waals surface area contributed by atoms with Crippen LogP contribution in [0.2, 0.25) is 0 Å². The summed E-state index contributed by atoms with van der Waals surface area (Å²) in [6, 6.07) is 21.0. The Morgan fingerprint density at radius 3 is 2.40 bits per heavy atom. The lowest BCUT2D eigenvalue weighted by molar-refractivity contribution is -0.130. The second-order valence-electron chi connectivity index (χ2n) is 10.9. The molecule has 4 rings (SSSR count). The van der Waals surface area contributed by atoms with Crippen LogP contribution in [0.25, 0.3) is 0 Å². The molecule has 1 saturated heterocycles. The highest BCUT2D eigenvalue weighted by atomic mass is 19.1. The fourth-order valence-corrected chi connectivity index (χ4v) is 5.17. The standard InChI is InChI=1S/C34H39FN4O4/c1-5-33(41)39-18-17-38(21-24(39)3)22-32(28-12-11-23(2)30(35)19-28)43-29-15-13-27(14-16-29)34(42)37-31(20-36-25(4)40)26-9-7-6-8-10-26/h5-16,19,24,31-32H,1,17-18,20-22H2,2-4H3,(H,36,40)(H,37,42)/t24-,31?,32+/m1/s1. The average molecular weight is 587 g/mol. The van der Waals surface area contributed by atoms with Gasteiger partial charge in [0.25, 0.3) is 5.91 Å². The van der Waals surface area contributed by atoms with Gasteiger partial charge in [0.15, 0.2) is 0 Å². The Morgan fingerprint density at radius 1 is 1.05 bits per heavy atom. The van der Waals surface area contributed by atoms with Crippen LogP contribution in [-0.4, -0.2) is 66.3 Å². The first-order valence-electron chi connectivity index (χ1n) is 14.4. The molecule has 0 radical (unpaired) electrons. The fourth-order valence-electron chi connectivity index (χ4n) is 5.17. The van der Waals surface area contributed by atoms with Gasteiger partial charge < -0.3 is 20.3 Å². The van der Waals surface area contributed by atoms with E-state index in [4.69, 9.17) is 4.74 Å². The van der Waals surface area contributed by atoms with Crippen LogP contribution in [0.5, 0.6) is 5.75 Å². The minimum absolute atomic E-state index is 0.00203. The SMILES string of the molecule is C=CC(=O)N1CCN(C[C@H](Oc2ccc(C(=O)NC(CNC(C)=O)c3ccccc3)cc2)c2ccc(C)c(F)c2)C[C@H]1C. The van der Waals surface area contributed by atoms with Gasteiger partial charge in [-0.3, -0.25) is 19.3 Å². The lowest BCUT2D eigenvalue weighted by Gasteiger charge is -2.40. The first-order valence-corrected chi connectivity index (χ1v) is 14.4. The molecule has 3 atom stereocenters. The molecule has 1 fully saturated rings. The molecular weight excluding hydrogens is 547 g/mol. The molecule has 8 nitrogen and oxygen atoms in total. The number of nitrogens with zero attached hydrogens (tertiary/aromatic N) is 2. The number of carbonyl (C=O) groups excluding carboxylic acids is 3. The quantitative estimate of drug-likeness (QED) is 0.321. The smallest absolute Gasteiger partial charge is 0.251 e. The van der Waals surface area contributed by atoms with Crippen molar-refractivity contribution in [3.05, 3.63) is 114 Å². The predicted molar refractivity (Wildman–Crippen MR) is 164 cm³/mol. The number of rotatable bonds is 11. The van der Waals surface area contributed by atoms with Gasteiger partial charge in [0.2, 0.25) is 11.8 Å². The van der Waals surface area contributed by atoms with Gasteiger partial charge >= 0.3 is 0 Å². The second-order valence-corrected chi connectivity index (χ2v) is 10.9. The van der Waals surface area contributed by atoms with E-state index in [0.717, 1.165) is 5.56 Å². The van der Waals surface area contributed by atoms with Crippen LogP contribution in [0, 0.1) is 12.7 Å². The molecule has 9 heteroatoms. The van der Waals surface area contributed by atoms with Crippen molar-refractivity contribution in [1.29, 1.82) is 0 Å². The maximum Gasteiger partial charge on any atom is 0.251 e. The molecule has 0 spiro atoms. The summed E-state index contributed by atoms with van der Waals surface area (Å²) in [6.45, 7) is 11.4. The van der Waals surface area contributed by atoms with Crippen molar-refractivity contribution in [3.63, 3.8) is 0 Å². The molecule has 226 valence electrons. The summed E-state index contributed by atoms with van der Waals surface area (Å²) in [4.78, 5) is 40.8. The molecule has 0 aliphatic carbocycles. The van der Waals surface area contributed by atoms with Gasteiger partial charge in [0.1, 0.15) is 17.7 Å². The van der Waals surface area contributed by atoms with Crippen LogP contribution in [0.1, 0.15) is 53.0 Å². The minimum atomic E-state index is -0.483. The van der Waals surface area contributed by atoms with Gasteiger partial charge in [-0.25, -0.2) is 4.39 Å². The third-order valence-corrected chi connectivity index (χ3v) is 7.62. The maximum absolute atomic E-state index is 14.6. The summed E-state index contributed by atoms with van der Waals surface area (Å²) in [5.74, 6) is -0.325. The Morgan fingerprint density at radius 2 is 1.77 bits per heavy atom. The van der Waals surface area contributed by atoms with E-state index in [1.807, 2.05) is 43.3 Å². The van der Waals surface area contributed by atoms with Crippen molar-refractivity contribution in [1.82, 2.24) is 20.4 Å². The second kappa shape index (κ2) is 14.6. The highest BCUT2D eigenvalue weighted by Gasteiger charge is 2.29. The van der Waals surface area contributed by atoms with E-state index in [0.29, 0.717) is 48.6 Å². The van der Waals surface area contributed by atoms with Crippen LogP contribution in [-0.2, 0) is 9.59 Å². The zero-order valence-electron chi connectivity index (χ0n) is 24.9. The number of piperazine rings is 1. The number of nitrogens with one attached hydrogen (secondary N) is 2. The molecule has 1 unspecified atom stereocenters.